The molecule has 1 N–H and O–H groups in total. The van der Waals surface area contributed by atoms with Crippen molar-refractivity contribution in [3.63, 3.8) is 0 Å². The maximum absolute atomic E-state index is 10.2. The number of benzene rings is 2. The molecule has 192 valence electrons. The highest BCUT2D eigenvalue weighted by Gasteiger charge is 2.40. The molecule has 0 amide bonds. The fraction of sp³-hybridized carbons (Fsp3) is 0.452. The van der Waals surface area contributed by atoms with E-state index in [1.807, 2.05) is 25.1 Å². The standard InChI is InChI=1S/C31H37N5O/c1-5-23-16-26(17-24(18-32)29(23)36-14-11-31(12-15-36)20-33-21-31)30(3,4)25-6-8-28(9-7-25)37-19-27-10-13-34-22(2)35-27/h6-10,13,16-17,33H,5,11-12,14-15,19-21H2,1-4H3. The lowest BCUT2D eigenvalue weighted by Gasteiger charge is -2.49. The number of nitriles is 1. The third-order valence-corrected chi connectivity index (χ3v) is 8.35. The molecule has 6 heteroatoms. The lowest BCUT2D eigenvalue weighted by Crippen LogP contribution is -2.58. The number of aryl methyl sites for hydroxylation is 2. The van der Waals surface area contributed by atoms with Gasteiger partial charge >= 0.3 is 0 Å². The normalized spacial score (nSPS) is 16.8. The van der Waals surface area contributed by atoms with E-state index in [1.165, 1.54) is 29.5 Å². The summed E-state index contributed by atoms with van der Waals surface area (Å²) in [6.07, 6.45) is 5.07. The molecule has 2 saturated heterocycles. The van der Waals surface area contributed by atoms with Crippen molar-refractivity contribution in [3.05, 3.63) is 82.4 Å². The number of ether oxygens (including phenoxy) is 1. The monoisotopic (exact) mass is 495 g/mol. The Morgan fingerprint density at radius 3 is 2.41 bits per heavy atom. The lowest BCUT2D eigenvalue weighted by atomic mass is 9.73. The van der Waals surface area contributed by atoms with E-state index in [0.717, 1.165) is 61.1 Å². The number of hydrogen-bond donors (Lipinski definition) is 1. The Kier molecular flexibility index (Phi) is 6.92. The summed E-state index contributed by atoms with van der Waals surface area (Å²) >= 11 is 0. The van der Waals surface area contributed by atoms with Gasteiger partial charge in [0.15, 0.2) is 0 Å². The second-order valence-electron chi connectivity index (χ2n) is 11.1. The highest BCUT2D eigenvalue weighted by Crippen LogP contribution is 2.41. The van der Waals surface area contributed by atoms with Crippen LogP contribution in [0.1, 0.15) is 67.4 Å². The largest absolute Gasteiger partial charge is 0.487 e. The second-order valence-corrected chi connectivity index (χ2v) is 11.1. The Bertz CT molecular complexity index is 1290. The van der Waals surface area contributed by atoms with Crippen molar-refractivity contribution in [2.75, 3.05) is 31.1 Å². The third kappa shape index (κ3) is 5.06. The molecule has 3 aromatic rings. The van der Waals surface area contributed by atoms with E-state index in [-0.39, 0.29) is 5.41 Å². The smallest absolute Gasteiger partial charge is 0.130 e. The SMILES string of the molecule is CCc1cc(C(C)(C)c2ccc(OCc3ccnc(C)n3)cc2)cc(C#N)c1N1CCC2(CC1)CNC2. The first-order chi connectivity index (χ1) is 17.8. The number of nitrogens with zero attached hydrogens (tertiary/aromatic N) is 4. The van der Waals surface area contributed by atoms with Crippen LogP contribution in [-0.4, -0.2) is 36.1 Å². The topological polar surface area (TPSA) is 74.1 Å². The van der Waals surface area contributed by atoms with E-state index in [1.54, 1.807) is 6.20 Å². The summed E-state index contributed by atoms with van der Waals surface area (Å²) in [5.41, 5.74) is 6.67. The minimum Gasteiger partial charge on any atom is -0.487 e. The minimum absolute atomic E-state index is 0.250. The van der Waals surface area contributed by atoms with E-state index >= 15 is 0 Å². The maximum Gasteiger partial charge on any atom is 0.130 e. The summed E-state index contributed by atoms with van der Waals surface area (Å²) in [7, 11) is 0. The van der Waals surface area contributed by atoms with Gasteiger partial charge in [-0.15, -0.1) is 0 Å². The zero-order valence-electron chi connectivity index (χ0n) is 22.5. The summed E-state index contributed by atoms with van der Waals surface area (Å²) in [4.78, 5) is 11.0. The average molecular weight is 496 g/mol. The minimum atomic E-state index is -0.250. The molecule has 2 fully saturated rings. The molecule has 2 aliphatic heterocycles. The van der Waals surface area contributed by atoms with Gasteiger partial charge in [-0.05, 0) is 72.6 Å². The number of anilines is 1. The Morgan fingerprint density at radius 1 is 1.08 bits per heavy atom. The van der Waals surface area contributed by atoms with Crippen molar-refractivity contribution in [1.82, 2.24) is 15.3 Å². The molecule has 0 aliphatic carbocycles. The lowest BCUT2D eigenvalue weighted by molar-refractivity contribution is 0.126. The van der Waals surface area contributed by atoms with Gasteiger partial charge in [0, 0.05) is 37.8 Å². The molecule has 6 nitrogen and oxygen atoms in total. The molecule has 1 spiro atoms. The summed E-state index contributed by atoms with van der Waals surface area (Å²) in [5.74, 6) is 1.55. The van der Waals surface area contributed by atoms with Crippen LogP contribution in [0, 0.1) is 23.7 Å². The number of aromatic nitrogens is 2. The molecular formula is C31H37N5O. The van der Waals surface area contributed by atoms with Gasteiger partial charge < -0.3 is 15.0 Å². The molecule has 0 radical (unpaired) electrons. The van der Waals surface area contributed by atoms with E-state index < -0.39 is 0 Å². The molecule has 1 aromatic heterocycles. The molecule has 0 bridgehead atoms. The Labute approximate surface area is 220 Å². The van der Waals surface area contributed by atoms with E-state index in [4.69, 9.17) is 4.74 Å². The van der Waals surface area contributed by atoms with Crippen LogP contribution in [0.4, 0.5) is 5.69 Å². The van der Waals surface area contributed by atoms with Gasteiger partial charge in [0.25, 0.3) is 0 Å². The predicted octanol–water partition coefficient (Wildman–Crippen LogP) is 5.31. The first-order valence-corrected chi connectivity index (χ1v) is 13.4. The van der Waals surface area contributed by atoms with Gasteiger partial charge in [0.1, 0.15) is 24.3 Å². The van der Waals surface area contributed by atoms with Gasteiger partial charge in [0.2, 0.25) is 0 Å². The molecule has 2 aromatic carbocycles. The highest BCUT2D eigenvalue weighted by atomic mass is 16.5. The van der Waals surface area contributed by atoms with Crippen molar-refractivity contribution in [2.45, 2.75) is 59.0 Å². The van der Waals surface area contributed by atoms with Gasteiger partial charge in [-0.3, -0.25) is 0 Å². The predicted molar refractivity (Wildman–Crippen MR) is 147 cm³/mol. The maximum atomic E-state index is 10.2. The van der Waals surface area contributed by atoms with Crippen LogP contribution in [0.2, 0.25) is 0 Å². The van der Waals surface area contributed by atoms with Crippen LogP contribution in [-0.2, 0) is 18.4 Å². The number of piperidine rings is 1. The molecule has 3 heterocycles. The molecule has 0 unspecified atom stereocenters. The number of hydrogen-bond acceptors (Lipinski definition) is 6. The fourth-order valence-electron chi connectivity index (χ4n) is 5.70. The fourth-order valence-corrected chi connectivity index (χ4v) is 5.70. The Balaban J connectivity index is 1.35. The zero-order valence-corrected chi connectivity index (χ0v) is 22.5. The number of nitrogens with one attached hydrogen (secondary N) is 1. The first-order valence-electron chi connectivity index (χ1n) is 13.4. The number of rotatable bonds is 7. The first kappa shape index (κ1) is 25.2. The summed E-state index contributed by atoms with van der Waals surface area (Å²) in [6.45, 7) is 13.3. The molecule has 37 heavy (non-hydrogen) atoms. The summed E-state index contributed by atoms with van der Waals surface area (Å²) < 4.78 is 5.96. The van der Waals surface area contributed by atoms with Crippen LogP contribution in [0.5, 0.6) is 5.75 Å². The summed E-state index contributed by atoms with van der Waals surface area (Å²) in [5, 5.41) is 13.6. The zero-order chi connectivity index (χ0) is 26.0. The molecular weight excluding hydrogens is 458 g/mol. The van der Waals surface area contributed by atoms with Crippen molar-refractivity contribution in [1.29, 1.82) is 5.26 Å². The van der Waals surface area contributed by atoms with Crippen molar-refractivity contribution in [2.24, 2.45) is 5.41 Å². The Hall–Kier alpha value is -3.43. The van der Waals surface area contributed by atoms with Gasteiger partial charge in [-0.25, -0.2) is 9.97 Å². The van der Waals surface area contributed by atoms with Crippen molar-refractivity contribution >= 4 is 5.69 Å². The van der Waals surface area contributed by atoms with Crippen LogP contribution in [0.3, 0.4) is 0 Å². The summed E-state index contributed by atoms with van der Waals surface area (Å²) in [6, 6.07) is 17.2. The van der Waals surface area contributed by atoms with Gasteiger partial charge in [-0.1, -0.05) is 39.0 Å². The van der Waals surface area contributed by atoms with E-state index in [2.05, 4.69) is 71.3 Å². The van der Waals surface area contributed by atoms with Gasteiger partial charge in [0.05, 0.1) is 16.9 Å². The van der Waals surface area contributed by atoms with Gasteiger partial charge in [-0.2, -0.15) is 5.26 Å². The van der Waals surface area contributed by atoms with E-state index in [9.17, 15) is 5.26 Å². The molecule has 5 rings (SSSR count). The van der Waals surface area contributed by atoms with Crippen LogP contribution in [0.25, 0.3) is 0 Å². The highest BCUT2D eigenvalue weighted by molar-refractivity contribution is 5.67. The van der Waals surface area contributed by atoms with E-state index in [0.29, 0.717) is 12.0 Å². The van der Waals surface area contributed by atoms with Crippen LogP contribution < -0.4 is 15.0 Å². The van der Waals surface area contributed by atoms with Crippen LogP contribution in [0.15, 0.2) is 48.7 Å². The average Bonchev–Trinajstić information content (AvgIpc) is 2.90. The molecule has 0 saturated carbocycles. The quantitative estimate of drug-likeness (QED) is 0.479. The Morgan fingerprint density at radius 2 is 1.81 bits per heavy atom. The molecule has 2 aliphatic rings. The van der Waals surface area contributed by atoms with Crippen molar-refractivity contribution in [3.8, 4) is 11.8 Å². The second kappa shape index (κ2) is 10.1. The molecule has 0 atom stereocenters. The van der Waals surface area contributed by atoms with Crippen molar-refractivity contribution < 1.29 is 4.74 Å². The third-order valence-electron chi connectivity index (χ3n) is 8.35. The van der Waals surface area contributed by atoms with Crippen LogP contribution >= 0.6 is 0 Å².